The summed E-state index contributed by atoms with van der Waals surface area (Å²) in [6, 6.07) is 2.89. The summed E-state index contributed by atoms with van der Waals surface area (Å²) in [5.74, 6) is 4.19. The summed E-state index contributed by atoms with van der Waals surface area (Å²) in [7, 11) is 0. The van der Waals surface area contributed by atoms with Crippen molar-refractivity contribution in [2.75, 3.05) is 5.43 Å². The first-order valence-electron chi connectivity index (χ1n) is 3.18. The Hall–Kier alpha value is -1.23. The largest absolute Gasteiger partial charge is 0.324 e. The topological polar surface area (TPSA) is 38.0 Å². The average molecular weight is 176 g/mol. The van der Waals surface area contributed by atoms with Crippen LogP contribution >= 0.6 is 0 Å². The lowest BCUT2D eigenvalue weighted by molar-refractivity contribution is 0.151. The first kappa shape index (κ1) is 8.86. The normalized spacial score (nSPS) is 10.4. The molecule has 0 heterocycles. The van der Waals surface area contributed by atoms with Gasteiger partial charge in [-0.1, -0.05) is 0 Å². The highest BCUT2D eigenvalue weighted by Gasteiger charge is 2.09. The van der Waals surface area contributed by atoms with E-state index in [0.29, 0.717) is 0 Å². The van der Waals surface area contributed by atoms with Crippen LogP contribution in [0, 0.1) is 5.82 Å². The Morgan fingerprint density at radius 2 is 1.92 bits per heavy atom. The summed E-state index contributed by atoms with van der Waals surface area (Å²) in [6.07, 6.45) is -2.69. The average Bonchev–Trinajstić information content (AvgIpc) is 2.03. The number of alkyl halides is 2. The minimum atomic E-state index is -2.69. The second-order valence-corrected chi connectivity index (χ2v) is 2.22. The van der Waals surface area contributed by atoms with Gasteiger partial charge in [0.25, 0.3) is 6.43 Å². The molecular formula is C7H7F3N2. The predicted octanol–water partition coefficient (Wildman–Crippen LogP) is 2.05. The maximum absolute atomic E-state index is 12.5. The Balaban J connectivity index is 3.06. The van der Waals surface area contributed by atoms with Gasteiger partial charge in [-0.2, -0.15) is 0 Å². The molecule has 0 unspecified atom stereocenters. The second kappa shape index (κ2) is 3.44. The molecule has 0 saturated carbocycles. The number of hydrazine groups is 1. The zero-order valence-electron chi connectivity index (χ0n) is 6.02. The van der Waals surface area contributed by atoms with Crippen LogP contribution in [0.5, 0.6) is 0 Å². The maximum Gasteiger partial charge on any atom is 0.264 e. The van der Waals surface area contributed by atoms with Crippen LogP contribution < -0.4 is 11.3 Å². The Kier molecular flexibility index (Phi) is 2.54. The lowest BCUT2D eigenvalue weighted by Gasteiger charge is -2.03. The van der Waals surface area contributed by atoms with Gasteiger partial charge >= 0.3 is 0 Å². The molecule has 1 aromatic carbocycles. The van der Waals surface area contributed by atoms with Gasteiger partial charge in [-0.05, 0) is 18.2 Å². The van der Waals surface area contributed by atoms with Gasteiger partial charge in [0.1, 0.15) is 5.82 Å². The van der Waals surface area contributed by atoms with Gasteiger partial charge in [-0.25, -0.2) is 13.2 Å². The van der Waals surface area contributed by atoms with E-state index in [9.17, 15) is 13.2 Å². The summed E-state index contributed by atoms with van der Waals surface area (Å²) < 4.78 is 36.6. The van der Waals surface area contributed by atoms with E-state index < -0.39 is 12.2 Å². The van der Waals surface area contributed by atoms with Crippen LogP contribution in [0.25, 0.3) is 0 Å². The number of nitrogen functional groups attached to an aromatic ring is 1. The number of anilines is 1. The standard InChI is InChI=1S/C7H7F3N2/c8-5-1-4(7(9)10)2-6(3-5)12-11/h1-3,7,12H,11H2. The molecule has 2 nitrogen and oxygen atoms in total. The van der Waals surface area contributed by atoms with Crippen LogP contribution in [-0.4, -0.2) is 0 Å². The molecule has 5 heteroatoms. The quantitative estimate of drug-likeness (QED) is 0.534. The number of hydrogen-bond acceptors (Lipinski definition) is 2. The van der Waals surface area contributed by atoms with Gasteiger partial charge in [0.2, 0.25) is 0 Å². The van der Waals surface area contributed by atoms with Crippen LogP contribution in [0.4, 0.5) is 18.9 Å². The van der Waals surface area contributed by atoms with Gasteiger partial charge in [-0.3, -0.25) is 5.84 Å². The Bertz CT molecular complexity index is 275. The molecule has 3 N–H and O–H groups in total. The lowest BCUT2D eigenvalue weighted by Crippen LogP contribution is -2.07. The zero-order chi connectivity index (χ0) is 9.14. The third-order valence-electron chi connectivity index (χ3n) is 1.34. The molecule has 66 valence electrons. The van der Waals surface area contributed by atoms with Crippen molar-refractivity contribution in [3.63, 3.8) is 0 Å². The Morgan fingerprint density at radius 3 is 2.42 bits per heavy atom. The van der Waals surface area contributed by atoms with Crippen molar-refractivity contribution in [1.29, 1.82) is 0 Å². The molecule has 0 aromatic heterocycles. The van der Waals surface area contributed by atoms with Crippen LogP contribution in [-0.2, 0) is 0 Å². The highest BCUT2D eigenvalue weighted by Crippen LogP contribution is 2.22. The summed E-state index contributed by atoms with van der Waals surface area (Å²) >= 11 is 0. The van der Waals surface area contributed by atoms with Crippen LogP contribution in [0.2, 0.25) is 0 Å². The van der Waals surface area contributed by atoms with Gasteiger partial charge in [0.15, 0.2) is 0 Å². The maximum atomic E-state index is 12.5. The fourth-order valence-electron chi connectivity index (χ4n) is 0.822. The Labute approximate surface area is 67.2 Å². The van der Waals surface area contributed by atoms with Crippen molar-refractivity contribution in [2.24, 2.45) is 5.84 Å². The zero-order valence-corrected chi connectivity index (χ0v) is 6.02. The third-order valence-corrected chi connectivity index (χ3v) is 1.34. The van der Waals surface area contributed by atoms with Gasteiger partial charge in [0.05, 0.1) is 5.69 Å². The summed E-state index contributed by atoms with van der Waals surface area (Å²) in [6.45, 7) is 0. The molecule has 0 aliphatic carbocycles. The van der Waals surface area contributed by atoms with Crippen molar-refractivity contribution in [2.45, 2.75) is 6.43 Å². The molecule has 0 saturated heterocycles. The van der Waals surface area contributed by atoms with E-state index in [1.807, 2.05) is 0 Å². The molecular weight excluding hydrogens is 169 g/mol. The lowest BCUT2D eigenvalue weighted by atomic mass is 10.2. The molecule has 0 amide bonds. The summed E-state index contributed by atoms with van der Waals surface area (Å²) in [5, 5.41) is 0. The monoisotopic (exact) mass is 176 g/mol. The van der Waals surface area contributed by atoms with Gasteiger partial charge in [-0.15, -0.1) is 0 Å². The van der Waals surface area contributed by atoms with E-state index in [1.165, 1.54) is 0 Å². The summed E-state index contributed by atoms with van der Waals surface area (Å²) in [5.41, 5.74) is 1.83. The molecule has 0 spiro atoms. The second-order valence-electron chi connectivity index (χ2n) is 2.22. The fourth-order valence-corrected chi connectivity index (χ4v) is 0.822. The van der Waals surface area contributed by atoms with Gasteiger partial charge in [0, 0.05) is 5.56 Å². The molecule has 0 bridgehead atoms. The van der Waals surface area contributed by atoms with Crippen LogP contribution in [0.3, 0.4) is 0 Å². The molecule has 0 radical (unpaired) electrons. The number of halogens is 3. The van der Waals surface area contributed by atoms with Crippen molar-refractivity contribution in [1.82, 2.24) is 0 Å². The fraction of sp³-hybridized carbons (Fsp3) is 0.143. The van der Waals surface area contributed by atoms with E-state index in [1.54, 1.807) is 0 Å². The number of rotatable bonds is 2. The van der Waals surface area contributed by atoms with Crippen molar-refractivity contribution in [3.8, 4) is 0 Å². The predicted molar refractivity (Wildman–Crippen MR) is 39.2 cm³/mol. The minimum absolute atomic E-state index is 0.130. The first-order valence-corrected chi connectivity index (χ1v) is 3.18. The van der Waals surface area contributed by atoms with E-state index in [2.05, 4.69) is 5.43 Å². The number of benzene rings is 1. The van der Waals surface area contributed by atoms with E-state index in [0.717, 1.165) is 18.2 Å². The third kappa shape index (κ3) is 1.88. The van der Waals surface area contributed by atoms with E-state index in [-0.39, 0.29) is 11.3 Å². The Morgan fingerprint density at radius 1 is 1.25 bits per heavy atom. The number of nitrogens with two attached hydrogens (primary N) is 1. The summed E-state index contributed by atoms with van der Waals surface area (Å²) in [4.78, 5) is 0. The van der Waals surface area contributed by atoms with Crippen LogP contribution in [0.15, 0.2) is 18.2 Å². The number of hydrogen-bond donors (Lipinski definition) is 2. The molecule has 12 heavy (non-hydrogen) atoms. The van der Waals surface area contributed by atoms with Gasteiger partial charge < -0.3 is 5.43 Å². The molecule has 1 rings (SSSR count). The minimum Gasteiger partial charge on any atom is -0.324 e. The molecule has 0 fully saturated rings. The van der Waals surface area contributed by atoms with Crippen LogP contribution in [0.1, 0.15) is 12.0 Å². The van der Waals surface area contributed by atoms with Crippen molar-refractivity contribution >= 4 is 5.69 Å². The molecule has 0 atom stereocenters. The SMILES string of the molecule is NNc1cc(F)cc(C(F)F)c1. The smallest absolute Gasteiger partial charge is 0.264 e. The van der Waals surface area contributed by atoms with Crippen molar-refractivity contribution in [3.05, 3.63) is 29.6 Å². The van der Waals surface area contributed by atoms with E-state index in [4.69, 9.17) is 5.84 Å². The molecule has 1 aromatic rings. The molecule has 0 aliphatic heterocycles. The van der Waals surface area contributed by atoms with E-state index >= 15 is 0 Å². The highest BCUT2D eigenvalue weighted by atomic mass is 19.3. The highest BCUT2D eigenvalue weighted by molar-refractivity contribution is 5.45. The molecule has 0 aliphatic rings. The van der Waals surface area contributed by atoms with Crippen molar-refractivity contribution < 1.29 is 13.2 Å². The first-order chi connectivity index (χ1) is 5.63. The number of nitrogens with one attached hydrogen (secondary N) is 1.